The SMILES string of the molecule is CC(C)(C)OC(=O)NCC(=O)NCCNC(=O)C(F)(F)F. The van der Waals surface area contributed by atoms with Crippen LogP contribution in [0, 0.1) is 0 Å². The summed E-state index contributed by atoms with van der Waals surface area (Å²) in [5.74, 6) is -2.70. The van der Waals surface area contributed by atoms with Gasteiger partial charge in [0.05, 0.1) is 6.54 Å². The predicted molar refractivity (Wildman–Crippen MR) is 66.3 cm³/mol. The van der Waals surface area contributed by atoms with E-state index in [-0.39, 0.29) is 19.6 Å². The molecule has 0 bridgehead atoms. The molecule has 0 heterocycles. The number of halogens is 3. The van der Waals surface area contributed by atoms with Gasteiger partial charge in [0.2, 0.25) is 5.91 Å². The first-order chi connectivity index (χ1) is 9.42. The largest absolute Gasteiger partial charge is 0.471 e. The van der Waals surface area contributed by atoms with Crippen molar-refractivity contribution in [1.82, 2.24) is 16.0 Å². The second kappa shape index (κ2) is 7.70. The number of hydrogen-bond acceptors (Lipinski definition) is 4. The molecule has 122 valence electrons. The molecular formula is C11H18F3N3O4. The lowest BCUT2D eigenvalue weighted by Crippen LogP contribution is -2.44. The van der Waals surface area contributed by atoms with Gasteiger partial charge >= 0.3 is 18.2 Å². The zero-order valence-corrected chi connectivity index (χ0v) is 11.9. The van der Waals surface area contributed by atoms with Gasteiger partial charge in [0, 0.05) is 13.1 Å². The minimum Gasteiger partial charge on any atom is -0.444 e. The smallest absolute Gasteiger partial charge is 0.444 e. The van der Waals surface area contributed by atoms with E-state index in [9.17, 15) is 27.6 Å². The molecule has 0 saturated carbocycles. The minimum atomic E-state index is -4.96. The summed E-state index contributed by atoms with van der Waals surface area (Å²) in [4.78, 5) is 32.9. The van der Waals surface area contributed by atoms with Crippen LogP contribution >= 0.6 is 0 Å². The molecule has 7 nitrogen and oxygen atoms in total. The second-order valence-corrected chi connectivity index (χ2v) is 4.96. The number of nitrogens with one attached hydrogen (secondary N) is 3. The molecule has 0 atom stereocenters. The van der Waals surface area contributed by atoms with E-state index in [2.05, 4.69) is 10.6 Å². The van der Waals surface area contributed by atoms with Crippen LogP contribution in [-0.2, 0) is 14.3 Å². The molecule has 0 aliphatic carbocycles. The van der Waals surface area contributed by atoms with Crippen molar-refractivity contribution in [2.24, 2.45) is 0 Å². The number of hydrogen-bond donors (Lipinski definition) is 3. The molecule has 0 saturated heterocycles. The third-order valence-corrected chi connectivity index (χ3v) is 1.78. The average Bonchev–Trinajstić information content (AvgIpc) is 2.28. The molecule has 0 aromatic carbocycles. The molecule has 0 rings (SSSR count). The number of carbonyl (C=O) groups is 3. The van der Waals surface area contributed by atoms with Gasteiger partial charge in [-0.1, -0.05) is 0 Å². The molecule has 21 heavy (non-hydrogen) atoms. The standard InChI is InChI=1S/C11H18F3N3O4/c1-10(2,3)21-9(20)17-6-7(18)15-4-5-16-8(19)11(12,13)14/h4-6H2,1-3H3,(H,15,18)(H,16,19)(H,17,20). The fourth-order valence-corrected chi connectivity index (χ4v) is 1.01. The molecule has 10 heteroatoms. The number of alkyl carbamates (subject to hydrolysis) is 1. The third-order valence-electron chi connectivity index (χ3n) is 1.78. The van der Waals surface area contributed by atoms with Gasteiger partial charge in [-0.2, -0.15) is 13.2 Å². The van der Waals surface area contributed by atoms with Crippen molar-refractivity contribution in [3.8, 4) is 0 Å². The quantitative estimate of drug-likeness (QED) is 0.636. The van der Waals surface area contributed by atoms with Crippen LogP contribution in [0.3, 0.4) is 0 Å². The Hall–Kier alpha value is -2.00. The molecule has 3 amide bonds. The fourth-order valence-electron chi connectivity index (χ4n) is 1.01. The zero-order valence-electron chi connectivity index (χ0n) is 11.9. The zero-order chi connectivity index (χ0) is 16.7. The van der Waals surface area contributed by atoms with Crippen LogP contribution in [-0.4, -0.2) is 49.3 Å². The first-order valence-corrected chi connectivity index (χ1v) is 6.00. The van der Waals surface area contributed by atoms with Crippen molar-refractivity contribution in [2.75, 3.05) is 19.6 Å². The molecule has 0 aromatic heterocycles. The number of carbonyl (C=O) groups excluding carboxylic acids is 3. The van der Waals surface area contributed by atoms with E-state index in [0.717, 1.165) is 0 Å². The average molecular weight is 313 g/mol. The van der Waals surface area contributed by atoms with Crippen molar-refractivity contribution < 1.29 is 32.3 Å². The van der Waals surface area contributed by atoms with E-state index in [0.29, 0.717) is 0 Å². The van der Waals surface area contributed by atoms with Crippen LogP contribution in [0.5, 0.6) is 0 Å². The minimum absolute atomic E-state index is 0.198. The highest BCUT2D eigenvalue weighted by atomic mass is 19.4. The van der Waals surface area contributed by atoms with Crippen molar-refractivity contribution in [3.63, 3.8) is 0 Å². The van der Waals surface area contributed by atoms with Crippen LogP contribution in [0.4, 0.5) is 18.0 Å². The van der Waals surface area contributed by atoms with Crippen molar-refractivity contribution in [2.45, 2.75) is 32.5 Å². The number of ether oxygens (including phenoxy) is 1. The highest BCUT2D eigenvalue weighted by Gasteiger charge is 2.38. The van der Waals surface area contributed by atoms with Gasteiger partial charge in [-0.15, -0.1) is 0 Å². The Morgan fingerprint density at radius 2 is 1.48 bits per heavy atom. The lowest BCUT2D eigenvalue weighted by molar-refractivity contribution is -0.173. The maximum atomic E-state index is 11.8. The van der Waals surface area contributed by atoms with E-state index >= 15 is 0 Å². The first kappa shape index (κ1) is 19.0. The third kappa shape index (κ3) is 10.4. The Labute approximate surface area is 119 Å². The Morgan fingerprint density at radius 1 is 0.952 bits per heavy atom. The summed E-state index contributed by atoms with van der Waals surface area (Å²) in [5.41, 5.74) is -0.706. The summed E-state index contributed by atoms with van der Waals surface area (Å²) in [6, 6.07) is 0. The van der Waals surface area contributed by atoms with E-state index in [1.165, 1.54) is 0 Å². The molecule has 0 aliphatic rings. The second-order valence-electron chi connectivity index (χ2n) is 4.96. The van der Waals surface area contributed by atoms with Gasteiger partial charge in [-0.3, -0.25) is 9.59 Å². The number of alkyl halides is 3. The van der Waals surface area contributed by atoms with Crippen LogP contribution in [0.1, 0.15) is 20.8 Å². The molecule has 0 spiro atoms. The summed E-state index contributed by atoms with van der Waals surface area (Å²) >= 11 is 0. The fraction of sp³-hybridized carbons (Fsp3) is 0.727. The highest BCUT2D eigenvalue weighted by molar-refractivity contribution is 5.83. The van der Waals surface area contributed by atoms with Gasteiger partial charge < -0.3 is 20.7 Å². The Morgan fingerprint density at radius 3 is 1.95 bits per heavy atom. The lowest BCUT2D eigenvalue weighted by Gasteiger charge is -2.19. The monoisotopic (exact) mass is 313 g/mol. The van der Waals surface area contributed by atoms with Crippen molar-refractivity contribution in [3.05, 3.63) is 0 Å². The van der Waals surface area contributed by atoms with Crippen molar-refractivity contribution in [1.29, 1.82) is 0 Å². The van der Waals surface area contributed by atoms with Crippen molar-refractivity contribution >= 4 is 17.9 Å². The molecule has 3 N–H and O–H groups in total. The van der Waals surface area contributed by atoms with Crippen LogP contribution in [0.15, 0.2) is 0 Å². The Kier molecular flexibility index (Phi) is 6.96. The summed E-state index contributed by atoms with van der Waals surface area (Å²) in [7, 11) is 0. The van der Waals surface area contributed by atoms with Crippen LogP contribution < -0.4 is 16.0 Å². The number of amides is 3. The number of rotatable bonds is 5. The molecular weight excluding hydrogens is 295 g/mol. The van der Waals surface area contributed by atoms with Gasteiger partial charge in [0.1, 0.15) is 5.60 Å². The predicted octanol–water partition coefficient (Wildman–Crippen LogP) is 0.306. The summed E-state index contributed by atoms with van der Waals surface area (Å²) in [5, 5.41) is 5.97. The van der Waals surface area contributed by atoms with Crippen LogP contribution in [0.2, 0.25) is 0 Å². The Balaban J connectivity index is 3.78. The highest BCUT2D eigenvalue weighted by Crippen LogP contribution is 2.13. The molecule has 0 aromatic rings. The lowest BCUT2D eigenvalue weighted by atomic mass is 10.2. The normalized spacial score (nSPS) is 11.5. The topological polar surface area (TPSA) is 96.5 Å². The summed E-state index contributed by atoms with van der Waals surface area (Å²) < 4.78 is 40.3. The van der Waals surface area contributed by atoms with E-state index in [4.69, 9.17) is 4.74 Å². The Bertz CT molecular complexity index is 391. The summed E-state index contributed by atoms with van der Waals surface area (Å²) in [6.45, 7) is 3.98. The van der Waals surface area contributed by atoms with Gasteiger partial charge in [0.25, 0.3) is 0 Å². The van der Waals surface area contributed by atoms with Gasteiger partial charge in [-0.25, -0.2) is 4.79 Å². The molecule has 0 fully saturated rings. The van der Waals surface area contributed by atoms with Gasteiger partial charge in [0.15, 0.2) is 0 Å². The first-order valence-electron chi connectivity index (χ1n) is 6.00. The molecule has 0 unspecified atom stereocenters. The molecule has 0 aliphatic heterocycles. The summed E-state index contributed by atoms with van der Waals surface area (Å²) in [6.07, 6.45) is -5.74. The van der Waals surface area contributed by atoms with E-state index in [1.807, 2.05) is 0 Å². The molecule has 0 radical (unpaired) electrons. The maximum Gasteiger partial charge on any atom is 0.471 e. The van der Waals surface area contributed by atoms with Crippen LogP contribution in [0.25, 0.3) is 0 Å². The van der Waals surface area contributed by atoms with Gasteiger partial charge in [-0.05, 0) is 20.8 Å². The maximum absolute atomic E-state index is 11.8. The van der Waals surface area contributed by atoms with E-state index in [1.54, 1.807) is 26.1 Å². The van der Waals surface area contributed by atoms with E-state index < -0.39 is 29.7 Å².